The Balaban J connectivity index is 1.99. The van der Waals surface area contributed by atoms with Gasteiger partial charge in [0.05, 0.1) is 5.69 Å². The van der Waals surface area contributed by atoms with E-state index in [0.717, 1.165) is 11.4 Å². The van der Waals surface area contributed by atoms with Crippen molar-refractivity contribution in [3.8, 4) is 5.75 Å². The normalized spacial score (nSPS) is 9.93. The van der Waals surface area contributed by atoms with E-state index in [4.69, 9.17) is 4.74 Å². The fraction of sp³-hybridized carbons (Fsp3) is 0.0909. The lowest BCUT2D eigenvalue weighted by molar-refractivity contribution is 0.301. The summed E-state index contributed by atoms with van der Waals surface area (Å²) in [6, 6.07) is 11.5. The van der Waals surface area contributed by atoms with Crippen LogP contribution >= 0.6 is 15.9 Å². The minimum Gasteiger partial charge on any atom is -0.487 e. The lowest BCUT2D eigenvalue weighted by atomic mass is 10.3. The molecule has 2 aromatic rings. The number of ether oxygens (including phenoxy) is 1. The van der Waals surface area contributed by atoms with Crippen molar-refractivity contribution in [3.63, 3.8) is 0 Å². The number of halogens is 1. The Kier molecular flexibility index (Phi) is 3.29. The molecule has 1 heterocycles. The first kappa shape index (κ1) is 10.1. The third-order valence-electron chi connectivity index (χ3n) is 1.81. The minimum absolute atomic E-state index is 0.450. The Hall–Kier alpha value is -1.42. The van der Waals surface area contributed by atoms with Crippen LogP contribution in [0.25, 0.3) is 0 Å². The van der Waals surface area contributed by atoms with Crippen LogP contribution in [0.5, 0.6) is 5.75 Å². The van der Waals surface area contributed by atoms with Crippen LogP contribution in [0.3, 0.4) is 0 Å². The lowest BCUT2D eigenvalue weighted by Crippen LogP contribution is -1.98. The Morgan fingerprint density at radius 1 is 1.13 bits per heavy atom. The quantitative estimate of drug-likeness (QED) is 0.800. The maximum absolute atomic E-state index is 5.54. The van der Waals surface area contributed by atoms with Gasteiger partial charge in [-0.2, -0.15) is 0 Å². The summed E-state index contributed by atoms with van der Waals surface area (Å²) in [4.78, 5) is 8.11. The summed E-state index contributed by atoms with van der Waals surface area (Å²) >= 11 is 3.21. The fourth-order valence-electron chi connectivity index (χ4n) is 1.12. The highest BCUT2D eigenvalue weighted by molar-refractivity contribution is 9.10. The van der Waals surface area contributed by atoms with Crippen LogP contribution in [-0.2, 0) is 6.61 Å². The molecule has 76 valence electrons. The second-order valence-corrected chi connectivity index (χ2v) is 3.63. The zero-order chi connectivity index (χ0) is 10.5. The number of para-hydroxylation sites is 1. The van der Waals surface area contributed by atoms with Gasteiger partial charge in [-0.1, -0.05) is 18.2 Å². The van der Waals surface area contributed by atoms with Crippen molar-refractivity contribution < 1.29 is 4.74 Å². The van der Waals surface area contributed by atoms with Crippen molar-refractivity contribution >= 4 is 15.9 Å². The van der Waals surface area contributed by atoms with Crippen LogP contribution in [0.4, 0.5) is 0 Å². The van der Waals surface area contributed by atoms with Crippen LogP contribution in [0, 0.1) is 0 Å². The van der Waals surface area contributed by atoms with Gasteiger partial charge in [-0.05, 0) is 34.1 Å². The molecule has 0 fully saturated rings. The van der Waals surface area contributed by atoms with Gasteiger partial charge in [-0.15, -0.1) is 0 Å². The maximum atomic E-state index is 5.54. The minimum atomic E-state index is 0.450. The van der Waals surface area contributed by atoms with Crippen LogP contribution < -0.4 is 4.74 Å². The Labute approximate surface area is 96.3 Å². The van der Waals surface area contributed by atoms with E-state index < -0.39 is 0 Å². The predicted molar refractivity (Wildman–Crippen MR) is 60.5 cm³/mol. The van der Waals surface area contributed by atoms with Crippen molar-refractivity contribution in [2.75, 3.05) is 0 Å². The fourth-order valence-corrected chi connectivity index (χ4v) is 1.47. The standard InChI is InChI=1S/C11H9BrN2O/c12-11-13-7-6-9(14-11)8-15-10-4-2-1-3-5-10/h1-7H,8H2. The van der Waals surface area contributed by atoms with Gasteiger partial charge in [0.2, 0.25) is 0 Å². The summed E-state index contributed by atoms with van der Waals surface area (Å²) in [5.41, 5.74) is 0.848. The van der Waals surface area contributed by atoms with Crippen LogP contribution in [0.1, 0.15) is 5.69 Å². The van der Waals surface area contributed by atoms with Gasteiger partial charge in [0.1, 0.15) is 12.4 Å². The largest absolute Gasteiger partial charge is 0.487 e. The SMILES string of the molecule is Brc1nccc(COc2ccccc2)n1. The number of aromatic nitrogens is 2. The Morgan fingerprint density at radius 3 is 2.67 bits per heavy atom. The van der Waals surface area contributed by atoms with Crippen molar-refractivity contribution in [1.29, 1.82) is 0 Å². The van der Waals surface area contributed by atoms with Crippen molar-refractivity contribution in [1.82, 2.24) is 9.97 Å². The number of rotatable bonds is 3. The molecule has 0 atom stereocenters. The molecule has 4 heteroatoms. The molecule has 15 heavy (non-hydrogen) atoms. The van der Waals surface area contributed by atoms with Gasteiger partial charge in [0.15, 0.2) is 4.73 Å². The van der Waals surface area contributed by atoms with E-state index in [-0.39, 0.29) is 0 Å². The molecular weight excluding hydrogens is 256 g/mol. The molecule has 0 bridgehead atoms. The molecule has 0 aliphatic carbocycles. The molecule has 1 aromatic heterocycles. The molecule has 0 saturated carbocycles. The van der Waals surface area contributed by atoms with E-state index >= 15 is 0 Å². The number of benzene rings is 1. The summed E-state index contributed by atoms with van der Waals surface area (Å²) in [5, 5.41) is 0. The Morgan fingerprint density at radius 2 is 1.93 bits per heavy atom. The highest BCUT2D eigenvalue weighted by atomic mass is 79.9. The average molecular weight is 265 g/mol. The first-order valence-electron chi connectivity index (χ1n) is 4.50. The maximum Gasteiger partial charge on any atom is 0.196 e. The van der Waals surface area contributed by atoms with E-state index in [9.17, 15) is 0 Å². The van der Waals surface area contributed by atoms with Gasteiger partial charge in [-0.25, -0.2) is 9.97 Å². The van der Waals surface area contributed by atoms with Crippen molar-refractivity contribution in [2.45, 2.75) is 6.61 Å². The first-order chi connectivity index (χ1) is 7.34. The lowest BCUT2D eigenvalue weighted by Gasteiger charge is -2.04. The number of hydrogen-bond acceptors (Lipinski definition) is 3. The van der Waals surface area contributed by atoms with Crippen LogP contribution in [0.2, 0.25) is 0 Å². The summed E-state index contributed by atoms with van der Waals surface area (Å²) in [6.45, 7) is 0.450. The van der Waals surface area contributed by atoms with Gasteiger partial charge in [-0.3, -0.25) is 0 Å². The second kappa shape index (κ2) is 4.89. The van der Waals surface area contributed by atoms with Crippen LogP contribution in [-0.4, -0.2) is 9.97 Å². The van der Waals surface area contributed by atoms with Gasteiger partial charge >= 0.3 is 0 Å². The molecule has 2 rings (SSSR count). The molecule has 0 N–H and O–H groups in total. The third kappa shape index (κ3) is 3.02. The molecule has 0 aliphatic rings. The molecular formula is C11H9BrN2O. The average Bonchev–Trinajstić information content (AvgIpc) is 2.28. The summed E-state index contributed by atoms with van der Waals surface area (Å²) < 4.78 is 6.12. The van der Waals surface area contributed by atoms with Gasteiger partial charge < -0.3 is 4.74 Å². The van der Waals surface area contributed by atoms with E-state index in [0.29, 0.717) is 11.3 Å². The number of hydrogen-bond donors (Lipinski definition) is 0. The van der Waals surface area contributed by atoms with E-state index in [1.807, 2.05) is 36.4 Å². The Bertz CT molecular complexity index is 434. The molecule has 0 aliphatic heterocycles. The second-order valence-electron chi connectivity index (χ2n) is 2.92. The molecule has 0 spiro atoms. The zero-order valence-electron chi connectivity index (χ0n) is 7.93. The van der Waals surface area contributed by atoms with Gasteiger partial charge in [0.25, 0.3) is 0 Å². The third-order valence-corrected chi connectivity index (χ3v) is 2.20. The van der Waals surface area contributed by atoms with E-state index in [2.05, 4.69) is 25.9 Å². The predicted octanol–water partition coefficient (Wildman–Crippen LogP) is 2.82. The molecule has 0 amide bonds. The van der Waals surface area contributed by atoms with Crippen molar-refractivity contribution in [3.05, 3.63) is 53.0 Å². The number of nitrogens with zero attached hydrogens (tertiary/aromatic N) is 2. The van der Waals surface area contributed by atoms with Gasteiger partial charge in [0, 0.05) is 6.20 Å². The highest BCUT2D eigenvalue weighted by Gasteiger charge is 1.97. The summed E-state index contributed by atoms with van der Waals surface area (Å²) in [6.07, 6.45) is 1.70. The van der Waals surface area contributed by atoms with Crippen molar-refractivity contribution in [2.24, 2.45) is 0 Å². The molecule has 1 aromatic carbocycles. The van der Waals surface area contributed by atoms with E-state index in [1.165, 1.54) is 0 Å². The molecule has 0 radical (unpaired) electrons. The first-order valence-corrected chi connectivity index (χ1v) is 5.29. The summed E-state index contributed by atoms with van der Waals surface area (Å²) in [5.74, 6) is 0.840. The molecule has 0 saturated heterocycles. The smallest absolute Gasteiger partial charge is 0.196 e. The summed E-state index contributed by atoms with van der Waals surface area (Å²) in [7, 11) is 0. The monoisotopic (exact) mass is 264 g/mol. The van der Waals surface area contributed by atoms with Crippen LogP contribution in [0.15, 0.2) is 47.3 Å². The highest BCUT2D eigenvalue weighted by Crippen LogP contribution is 2.11. The molecule has 0 unspecified atom stereocenters. The topological polar surface area (TPSA) is 35.0 Å². The zero-order valence-corrected chi connectivity index (χ0v) is 9.52. The van der Waals surface area contributed by atoms with E-state index in [1.54, 1.807) is 6.20 Å². The molecule has 3 nitrogen and oxygen atoms in total.